The zero-order valence-corrected chi connectivity index (χ0v) is 11.7. The van der Waals surface area contributed by atoms with E-state index < -0.39 is 0 Å². The Morgan fingerprint density at radius 1 is 1.41 bits per heavy atom. The molecule has 3 heteroatoms. The van der Waals surface area contributed by atoms with E-state index in [-0.39, 0.29) is 0 Å². The van der Waals surface area contributed by atoms with E-state index in [1.807, 2.05) is 0 Å². The molecule has 0 spiro atoms. The number of rotatable bonds is 4. The fourth-order valence-electron chi connectivity index (χ4n) is 3.64. The Kier molecular flexibility index (Phi) is 4.45. The van der Waals surface area contributed by atoms with Crippen LogP contribution in [0.15, 0.2) is 0 Å². The molecule has 2 aliphatic rings. The van der Waals surface area contributed by atoms with Crippen molar-refractivity contribution >= 4 is 0 Å². The molecule has 1 N–H and O–H groups in total. The molecular formula is C14H28N2O. The highest BCUT2D eigenvalue weighted by Crippen LogP contribution is 2.33. The van der Waals surface area contributed by atoms with Gasteiger partial charge < -0.3 is 10.1 Å². The number of hydrogen-bond acceptors (Lipinski definition) is 3. The molecular weight excluding hydrogens is 212 g/mol. The van der Waals surface area contributed by atoms with E-state index in [4.69, 9.17) is 4.74 Å². The summed E-state index contributed by atoms with van der Waals surface area (Å²) in [7, 11) is 2.06. The second-order valence-electron chi connectivity index (χ2n) is 6.31. The van der Waals surface area contributed by atoms with Crippen LogP contribution in [0.4, 0.5) is 0 Å². The molecule has 0 radical (unpaired) electrons. The molecule has 0 amide bonds. The van der Waals surface area contributed by atoms with Crippen LogP contribution in [-0.2, 0) is 4.74 Å². The largest absolute Gasteiger partial charge is 0.381 e. The van der Waals surface area contributed by atoms with Crippen LogP contribution < -0.4 is 5.32 Å². The van der Waals surface area contributed by atoms with Crippen molar-refractivity contribution in [2.24, 2.45) is 11.3 Å². The van der Waals surface area contributed by atoms with Crippen LogP contribution in [0.5, 0.6) is 0 Å². The van der Waals surface area contributed by atoms with Crippen LogP contribution >= 0.6 is 0 Å². The van der Waals surface area contributed by atoms with Crippen LogP contribution in [0, 0.1) is 11.3 Å². The SMILES string of the molecule is CNCC1(CN2CC(C)CC2C)CCCOC1. The average molecular weight is 240 g/mol. The summed E-state index contributed by atoms with van der Waals surface area (Å²) in [5.41, 5.74) is 0.353. The van der Waals surface area contributed by atoms with Gasteiger partial charge in [-0.25, -0.2) is 0 Å². The first kappa shape index (κ1) is 13.3. The van der Waals surface area contributed by atoms with Crippen molar-refractivity contribution in [2.45, 2.75) is 39.2 Å². The Hall–Kier alpha value is -0.120. The van der Waals surface area contributed by atoms with Gasteiger partial charge in [-0.15, -0.1) is 0 Å². The van der Waals surface area contributed by atoms with Gasteiger partial charge in [0.1, 0.15) is 0 Å². The molecule has 17 heavy (non-hydrogen) atoms. The van der Waals surface area contributed by atoms with E-state index in [1.165, 1.54) is 32.4 Å². The van der Waals surface area contributed by atoms with E-state index in [1.54, 1.807) is 0 Å². The number of ether oxygens (including phenoxy) is 1. The maximum atomic E-state index is 5.74. The summed E-state index contributed by atoms with van der Waals surface area (Å²) < 4.78 is 5.74. The summed E-state index contributed by atoms with van der Waals surface area (Å²) in [5, 5.41) is 3.37. The lowest BCUT2D eigenvalue weighted by Gasteiger charge is -2.41. The monoisotopic (exact) mass is 240 g/mol. The lowest BCUT2D eigenvalue weighted by molar-refractivity contribution is -0.0267. The average Bonchev–Trinajstić information content (AvgIpc) is 2.59. The summed E-state index contributed by atoms with van der Waals surface area (Å²) in [5.74, 6) is 0.862. The molecule has 3 atom stereocenters. The fourth-order valence-corrected chi connectivity index (χ4v) is 3.64. The predicted molar refractivity (Wildman–Crippen MR) is 71.2 cm³/mol. The van der Waals surface area contributed by atoms with Gasteiger partial charge in [-0.2, -0.15) is 0 Å². The first-order valence-electron chi connectivity index (χ1n) is 7.12. The highest BCUT2D eigenvalue weighted by atomic mass is 16.5. The molecule has 2 rings (SSSR count). The number of hydrogen-bond donors (Lipinski definition) is 1. The smallest absolute Gasteiger partial charge is 0.0546 e. The molecule has 2 fully saturated rings. The van der Waals surface area contributed by atoms with Gasteiger partial charge in [0.25, 0.3) is 0 Å². The Morgan fingerprint density at radius 3 is 2.76 bits per heavy atom. The second kappa shape index (κ2) is 5.68. The molecule has 2 saturated heterocycles. The van der Waals surface area contributed by atoms with Crippen LogP contribution in [0.1, 0.15) is 33.1 Å². The van der Waals surface area contributed by atoms with Crippen molar-refractivity contribution in [3.05, 3.63) is 0 Å². The van der Waals surface area contributed by atoms with E-state index in [9.17, 15) is 0 Å². The van der Waals surface area contributed by atoms with E-state index in [2.05, 4.69) is 31.1 Å². The molecule has 3 nitrogen and oxygen atoms in total. The minimum Gasteiger partial charge on any atom is -0.381 e. The predicted octanol–water partition coefficient (Wildman–Crippen LogP) is 1.73. The second-order valence-corrected chi connectivity index (χ2v) is 6.31. The van der Waals surface area contributed by atoms with Gasteiger partial charge in [0.2, 0.25) is 0 Å². The van der Waals surface area contributed by atoms with Crippen molar-refractivity contribution in [3.8, 4) is 0 Å². The Bertz CT molecular complexity index is 233. The maximum absolute atomic E-state index is 5.74. The third kappa shape index (κ3) is 3.21. The third-order valence-corrected chi connectivity index (χ3v) is 4.41. The number of nitrogens with one attached hydrogen (secondary N) is 1. The lowest BCUT2D eigenvalue weighted by Crippen LogP contribution is -2.49. The molecule has 0 aromatic carbocycles. The van der Waals surface area contributed by atoms with E-state index >= 15 is 0 Å². The molecule has 3 unspecified atom stereocenters. The van der Waals surface area contributed by atoms with E-state index in [0.29, 0.717) is 5.41 Å². The Labute approximate surface area is 106 Å². The minimum absolute atomic E-state index is 0.353. The lowest BCUT2D eigenvalue weighted by atomic mass is 9.81. The first-order chi connectivity index (χ1) is 8.15. The molecule has 0 bridgehead atoms. The molecule has 0 aliphatic carbocycles. The normalized spacial score (nSPS) is 39.7. The standard InChI is InChI=1S/C14H28N2O/c1-12-7-13(2)16(8-12)10-14(9-15-3)5-4-6-17-11-14/h12-13,15H,4-11H2,1-3H3. The van der Waals surface area contributed by atoms with Gasteiger partial charge in [-0.1, -0.05) is 6.92 Å². The molecule has 2 aliphatic heterocycles. The summed E-state index contributed by atoms with van der Waals surface area (Å²) in [6.07, 6.45) is 3.89. The maximum Gasteiger partial charge on any atom is 0.0546 e. The highest BCUT2D eigenvalue weighted by molar-refractivity contribution is 4.91. The number of likely N-dealkylation sites (tertiary alicyclic amines) is 1. The van der Waals surface area contributed by atoms with Gasteiger partial charge in [-0.05, 0) is 39.2 Å². The molecule has 100 valence electrons. The molecule has 0 saturated carbocycles. The first-order valence-corrected chi connectivity index (χ1v) is 7.12. The van der Waals surface area contributed by atoms with Crippen molar-refractivity contribution in [2.75, 3.05) is 39.9 Å². The molecule has 0 aromatic heterocycles. The van der Waals surface area contributed by atoms with Gasteiger partial charge in [-0.3, -0.25) is 4.90 Å². The van der Waals surface area contributed by atoms with E-state index in [0.717, 1.165) is 31.7 Å². The van der Waals surface area contributed by atoms with Gasteiger partial charge in [0.15, 0.2) is 0 Å². The summed E-state index contributed by atoms with van der Waals surface area (Å²) in [6, 6.07) is 0.751. The summed E-state index contributed by atoms with van der Waals surface area (Å²) in [4.78, 5) is 2.68. The van der Waals surface area contributed by atoms with Gasteiger partial charge in [0.05, 0.1) is 6.61 Å². The third-order valence-electron chi connectivity index (χ3n) is 4.41. The van der Waals surface area contributed by atoms with Crippen LogP contribution in [0.25, 0.3) is 0 Å². The zero-order chi connectivity index (χ0) is 12.3. The highest BCUT2D eigenvalue weighted by Gasteiger charge is 2.37. The molecule has 0 aromatic rings. The summed E-state index contributed by atoms with van der Waals surface area (Å²) in [6.45, 7) is 10.2. The van der Waals surface area contributed by atoms with Crippen LogP contribution in [0.3, 0.4) is 0 Å². The zero-order valence-electron chi connectivity index (χ0n) is 11.7. The Morgan fingerprint density at radius 2 is 2.24 bits per heavy atom. The Balaban J connectivity index is 1.97. The minimum atomic E-state index is 0.353. The van der Waals surface area contributed by atoms with Crippen molar-refractivity contribution in [1.29, 1.82) is 0 Å². The van der Waals surface area contributed by atoms with Crippen molar-refractivity contribution in [1.82, 2.24) is 10.2 Å². The molecule has 2 heterocycles. The van der Waals surface area contributed by atoms with Crippen LogP contribution in [-0.4, -0.2) is 50.8 Å². The quantitative estimate of drug-likeness (QED) is 0.810. The fraction of sp³-hybridized carbons (Fsp3) is 1.00. The summed E-state index contributed by atoms with van der Waals surface area (Å²) >= 11 is 0. The van der Waals surface area contributed by atoms with Crippen LogP contribution in [0.2, 0.25) is 0 Å². The number of nitrogens with zero attached hydrogens (tertiary/aromatic N) is 1. The topological polar surface area (TPSA) is 24.5 Å². The van der Waals surface area contributed by atoms with Crippen molar-refractivity contribution in [3.63, 3.8) is 0 Å². The van der Waals surface area contributed by atoms with Gasteiger partial charge >= 0.3 is 0 Å². The van der Waals surface area contributed by atoms with Gasteiger partial charge in [0, 0.05) is 37.7 Å². The van der Waals surface area contributed by atoms with Crippen molar-refractivity contribution < 1.29 is 4.74 Å².